The first-order chi connectivity index (χ1) is 13.4. The molecule has 140 valence electrons. The predicted molar refractivity (Wildman–Crippen MR) is 107 cm³/mol. The molecule has 5 rings (SSSR count). The molecular weight excluding hydrogens is 376 g/mol. The summed E-state index contributed by atoms with van der Waals surface area (Å²) in [6.07, 6.45) is 1.68. The molecule has 1 unspecified atom stereocenters. The van der Waals surface area contributed by atoms with E-state index in [0.717, 1.165) is 16.8 Å². The second-order valence-corrected chi connectivity index (χ2v) is 7.88. The van der Waals surface area contributed by atoms with Crippen molar-refractivity contribution < 1.29 is 9.59 Å². The third-order valence-corrected chi connectivity index (χ3v) is 5.68. The molecule has 2 aromatic carbocycles. The Hall–Kier alpha value is -3.12. The Kier molecular flexibility index (Phi) is 3.46. The normalized spacial score (nSPS) is 20.0. The van der Waals surface area contributed by atoms with Crippen LogP contribution in [0.15, 0.2) is 42.6 Å². The van der Waals surface area contributed by atoms with Crippen LogP contribution >= 0.6 is 11.6 Å². The first-order valence-electron chi connectivity index (χ1n) is 8.97. The summed E-state index contributed by atoms with van der Waals surface area (Å²) < 4.78 is 1.68. The van der Waals surface area contributed by atoms with Gasteiger partial charge in [-0.3, -0.25) is 9.59 Å². The van der Waals surface area contributed by atoms with Crippen molar-refractivity contribution in [3.05, 3.63) is 69.9 Å². The van der Waals surface area contributed by atoms with Crippen molar-refractivity contribution in [1.82, 2.24) is 9.78 Å². The quantitative estimate of drug-likeness (QED) is 0.662. The van der Waals surface area contributed by atoms with Crippen LogP contribution in [-0.2, 0) is 15.0 Å². The first kappa shape index (κ1) is 17.0. The monoisotopic (exact) mass is 392 g/mol. The van der Waals surface area contributed by atoms with E-state index >= 15 is 0 Å². The van der Waals surface area contributed by atoms with Crippen LogP contribution in [0.25, 0.3) is 5.69 Å². The molecule has 2 aliphatic heterocycles. The second-order valence-electron chi connectivity index (χ2n) is 7.44. The molecule has 1 atom stereocenters. The van der Waals surface area contributed by atoms with E-state index in [-0.39, 0.29) is 18.2 Å². The molecule has 7 heteroatoms. The Morgan fingerprint density at radius 2 is 1.79 bits per heavy atom. The van der Waals surface area contributed by atoms with Crippen LogP contribution in [0.2, 0.25) is 5.02 Å². The summed E-state index contributed by atoms with van der Waals surface area (Å²) in [4.78, 5) is 25.8. The number of rotatable bonds is 1. The zero-order valence-corrected chi connectivity index (χ0v) is 16.1. The second kappa shape index (κ2) is 5.69. The molecule has 3 aromatic rings. The Morgan fingerprint density at radius 3 is 2.54 bits per heavy atom. The van der Waals surface area contributed by atoms with Crippen LogP contribution in [0, 0.1) is 13.8 Å². The number of anilines is 2. The lowest BCUT2D eigenvalue weighted by molar-refractivity contribution is -0.125. The summed E-state index contributed by atoms with van der Waals surface area (Å²) in [5.74, 6) is 0.0478. The minimum Gasteiger partial charge on any atom is -0.325 e. The number of nitrogens with zero attached hydrogens (tertiary/aromatic N) is 2. The van der Waals surface area contributed by atoms with Gasteiger partial charge < -0.3 is 10.6 Å². The van der Waals surface area contributed by atoms with E-state index in [1.807, 2.05) is 26.0 Å². The first-order valence-corrected chi connectivity index (χ1v) is 9.35. The molecule has 0 radical (unpaired) electrons. The topological polar surface area (TPSA) is 76.0 Å². The average molecular weight is 393 g/mol. The van der Waals surface area contributed by atoms with Crippen molar-refractivity contribution in [2.75, 3.05) is 10.6 Å². The largest absolute Gasteiger partial charge is 0.325 e. The molecule has 2 N–H and O–H groups in total. The zero-order chi connectivity index (χ0) is 19.6. The number of amides is 2. The lowest BCUT2D eigenvalue weighted by Gasteiger charge is -2.31. The number of carbonyl (C=O) groups is 2. The lowest BCUT2D eigenvalue weighted by Crippen LogP contribution is -2.43. The van der Waals surface area contributed by atoms with Gasteiger partial charge in [-0.15, -0.1) is 0 Å². The standard InChI is InChI=1S/C21H17ClN4O2/c1-11-5-12(2)7-14(6-11)26-19-16(10-23-26)21(9-18(27)25-19)15-8-13(22)3-4-17(15)24-20(21)28/h3-8,10H,9H2,1-2H3,(H,24,28)(H,25,27). The number of fused-ring (bicyclic) bond motifs is 4. The minimum atomic E-state index is -1.13. The van der Waals surface area contributed by atoms with Crippen LogP contribution in [0.1, 0.15) is 28.7 Å². The summed E-state index contributed by atoms with van der Waals surface area (Å²) in [6.45, 7) is 4.02. The maximum absolute atomic E-state index is 13.1. The maximum atomic E-state index is 13.1. The van der Waals surface area contributed by atoms with Crippen LogP contribution in [-0.4, -0.2) is 21.6 Å². The van der Waals surface area contributed by atoms with E-state index < -0.39 is 5.41 Å². The van der Waals surface area contributed by atoms with Gasteiger partial charge >= 0.3 is 0 Å². The van der Waals surface area contributed by atoms with Gasteiger partial charge in [-0.1, -0.05) is 17.7 Å². The number of nitrogens with one attached hydrogen (secondary N) is 2. The summed E-state index contributed by atoms with van der Waals surface area (Å²) in [6, 6.07) is 11.3. The Balaban J connectivity index is 1.77. The van der Waals surface area contributed by atoms with Crippen molar-refractivity contribution in [1.29, 1.82) is 0 Å². The van der Waals surface area contributed by atoms with Gasteiger partial charge in [-0.25, -0.2) is 4.68 Å². The van der Waals surface area contributed by atoms with Crippen molar-refractivity contribution in [3.63, 3.8) is 0 Å². The molecule has 6 nitrogen and oxygen atoms in total. The summed E-state index contributed by atoms with van der Waals surface area (Å²) in [7, 11) is 0. The summed E-state index contributed by atoms with van der Waals surface area (Å²) in [5.41, 5.74) is 3.94. The highest BCUT2D eigenvalue weighted by Crippen LogP contribution is 2.50. The van der Waals surface area contributed by atoms with Gasteiger partial charge in [-0.05, 0) is 60.9 Å². The molecular formula is C21H17ClN4O2. The number of aryl methyl sites for hydroxylation is 2. The van der Waals surface area contributed by atoms with Gasteiger partial charge in [0.05, 0.1) is 11.9 Å². The van der Waals surface area contributed by atoms with E-state index in [1.165, 1.54) is 0 Å². The molecule has 2 amide bonds. The fourth-order valence-electron chi connectivity index (χ4n) is 4.33. The SMILES string of the molecule is Cc1cc(C)cc(-n2ncc3c2NC(=O)CC32C(=O)Nc3ccc(Cl)cc32)c1. The van der Waals surface area contributed by atoms with E-state index in [9.17, 15) is 9.59 Å². The predicted octanol–water partition coefficient (Wildman–Crippen LogP) is 3.72. The van der Waals surface area contributed by atoms with Gasteiger partial charge in [0.1, 0.15) is 11.2 Å². The van der Waals surface area contributed by atoms with Crippen molar-refractivity contribution in [3.8, 4) is 5.69 Å². The highest BCUT2D eigenvalue weighted by Gasteiger charge is 2.54. The number of benzene rings is 2. The number of carbonyl (C=O) groups excluding carboxylic acids is 2. The molecule has 1 spiro atoms. The lowest BCUT2D eigenvalue weighted by atomic mass is 9.72. The van der Waals surface area contributed by atoms with Crippen LogP contribution in [0.4, 0.5) is 11.5 Å². The fourth-order valence-corrected chi connectivity index (χ4v) is 4.51. The molecule has 0 saturated heterocycles. The van der Waals surface area contributed by atoms with Gasteiger partial charge in [0.25, 0.3) is 0 Å². The van der Waals surface area contributed by atoms with Crippen LogP contribution in [0.5, 0.6) is 0 Å². The highest BCUT2D eigenvalue weighted by atomic mass is 35.5. The third kappa shape index (κ3) is 2.24. The smallest absolute Gasteiger partial charge is 0.240 e. The minimum absolute atomic E-state index is 0.0116. The van der Waals surface area contributed by atoms with E-state index in [2.05, 4.69) is 21.8 Å². The number of halogens is 1. The fraction of sp³-hybridized carbons (Fsp3) is 0.190. The molecule has 1 aromatic heterocycles. The van der Waals surface area contributed by atoms with Crippen LogP contribution < -0.4 is 10.6 Å². The molecule has 0 aliphatic carbocycles. The van der Waals surface area contributed by atoms with Crippen molar-refractivity contribution >= 4 is 34.9 Å². The molecule has 0 bridgehead atoms. The number of hydrogen-bond acceptors (Lipinski definition) is 3. The molecule has 28 heavy (non-hydrogen) atoms. The Labute approximate surface area is 166 Å². The van der Waals surface area contributed by atoms with Crippen molar-refractivity contribution in [2.24, 2.45) is 0 Å². The van der Waals surface area contributed by atoms with Gasteiger partial charge in [0.15, 0.2) is 0 Å². The van der Waals surface area contributed by atoms with Gasteiger partial charge in [-0.2, -0.15) is 5.10 Å². The molecule has 2 aliphatic rings. The van der Waals surface area contributed by atoms with Gasteiger partial charge in [0, 0.05) is 22.7 Å². The molecule has 0 fully saturated rings. The Bertz CT molecular complexity index is 1160. The van der Waals surface area contributed by atoms with Gasteiger partial charge in [0.2, 0.25) is 11.8 Å². The maximum Gasteiger partial charge on any atom is 0.240 e. The molecule has 0 saturated carbocycles. The summed E-state index contributed by atoms with van der Waals surface area (Å²) >= 11 is 6.21. The van der Waals surface area contributed by atoms with E-state index in [1.54, 1.807) is 29.1 Å². The van der Waals surface area contributed by atoms with E-state index in [0.29, 0.717) is 27.7 Å². The van der Waals surface area contributed by atoms with Crippen molar-refractivity contribution in [2.45, 2.75) is 25.7 Å². The zero-order valence-electron chi connectivity index (χ0n) is 15.3. The highest BCUT2D eigenvalue weighted by molar-refractivity contribution is 6.31. The average Bonchev–Trinajstić information content (AvgIpc) is 3.15. The van der Waals surface area contributed by atoms with Crippen LogP contribution in [0.3, 0.4) is 0 Å². The third-order valence-electron chi connectivity index (χ3n) is 5.44. The number of aromatic nitrogens is 2. The van der Waals surface area contributed by atoms with E-state index in [4.69, 9.17) is 11.6 Å². The Morgan fingerprint density at radius 1 is 1.04 bits per heavy atom. The number of hydrogen-bond donors (Lipinski definition) is 2. The molecule has 3 heterocycles. The summed E-state index contributed by atoms with van der Waals surface area (Å²) in [5, 5.41) is 10.9.